The highest BCUT2D eigenvalue weighted by Crippen LogP contribution is 2.35. The zero-order valence-electron chi connectivity index (χ0n) is 17.5. The molecule has 1 aliphatic rings. The van der Waals surface area contributed by atoms with Crippen molar-refractivity contribution in [3.05, 3.63) is 69.9 Å². The highest BCUT2D eigenvalue weighted by molar-refractivity contribution is 6.47. The van der Waals surface area contributed by atoms with Crippen molar-refractivity contribution in [3.63, 3.8) is 0 Å². The highest BCUT2D eigenvalue weighted by Gasteiger charge is 2.41. The molecule has 0 aromatic heterocycles. The largest absolute Gasteiger partial charge is 0.374 e. The summed E-state index contributed by atoms with van der Waals surface area (Å²) in [5.41, 5.74) is 0.0405. The van der Waals surface area contributed by atoms with Gasteiger partial charge in [-0.3, -0.25) is 9.59 Å². The third-order valence-electron chi connectivity index (χ3n) is 5.41. The van der Waals surface area contributed by atoms with E-state index in [1.54, 1.807) is 0 Å². The van der Waals surface area contributed by atoms with Gasteiger partial charge in [0.25, 0.3) is 12.3 Å². The van der Waals surface area contributed by atoms with Crippen LogP contribution >= 0.6 is 11.6 Å². The molecule has 1 aliphatic carbocycles. The summed E-state index contributed by atoms with van der Waals surface area (Å²) in [6, 6.07) is 8.48. The maximum atomic E-state index is 13.8. The summed E-state index contributed by atoms with van der Waals surface area (Å²) in [5.74, 6) is -5.11. The van der Waals surface area contributed by atoms with Crippen LogP contribution in [-0.4, -0.2) is 17.6 Å². The number of allylic oxidation sites excluding steroid dienone is 1. The standard InChI is InChI=1S/C23H21ClF4N2O2/c1-11-15(23(3,27)28)8-5-9-16(11)30-19-17(24)21(32)18(12(2)20(19)31)29-14-7-4-6-13(10-14)22(25)26/h4-10,12,18,22,29-30H,1-3H3. The van der Waals surface area contributed by atoms with Crippen LogP contribution in [0.25, 0.3) is 0 Å². The summed E-state index contributed by atoms with van der Waals surface area (Å²) in [4.78, 5) is 25.9. The van der Waals surface area contributed by atoms with Crippen molar-refractivity contribution >= 4 is 34.5 Å². The van der Waals surface area contributed by atoms with Gasteiger partial charge < -0.3 is 10.6 Å². The number of carbonyl (C=O) groups is 2. The fourth-order valence-corrected chi connectivity index (χ4v) is 3.86. The molecule has 2 unspecified atom stereocenters. The molecule has 2 N–H and O–H groups in total. The van der Waals surface area contributed by atoms with Gasteiger partial charge in [0.15, 0.2) is 11.6 Å². The quantitative estimate of drug-likeness (QED) is 0.497. The Kier molecular flexibility index (Phi) is 6.64. The average molecular weight is 469 g/mol. The van der Waals surface area contributed by atoms with Crippen LogP contribution in [0.4, 0.5) is 28.9 Å². The van der Waals surface area contributed by atoms with E-state index in [2.05, 4.69) is 10.6 Å². The molecule has 0 saturated carbocycles. The van der Waals surface area contributed by atoms with Gasteiger partial charge in [0.05, 0.1) is 0 Å². The van der Waals surface area contributed by atoms with E-state index in [0.717, 1.165) is 6.92 Å². The molecule has 0 amide bonds. The van der Waals surface area contributed by atoms with Crippen molar-refractivity contribution in [2.24, 2.45) is 5.92 Å². The van der Waals surface area contributed by atoms with Gasteiger partial charge in [0.2, 0.25) is 0 Å². The first-order chi connectivity index (χ1) is 14.9. The lowest BCUT2D eigenvalue weighted by Crippen LogP contribution is -2.45. The van der Waals surface area contributed by atoms with E-state index < -0.39 is 35.9 Å². The van der Waals surface area contributed by atoms with Crippen LogP contribution in [0.3, 0.4) is 0 Å². The molecule has 2 aromatic rings. The Labute approximate surface area is 187 Å². The summed E-state index contributed by atoms with van der Waals surface area (Å²) in [6.07, 6.45) is -2.69. The Hall–Kier alpha value is -2.87. The zero-order chi connectivity index (χ0) is 23.8. The van der Waals surface area contributed by atoms with Crippen molar-refractivity contribution in [2.75, 3.05) is 10.6 Å². The normalized spacial score (nSPS) is 19.5. The van der Waals surface area contributed by atoms with Crippen LogP contribution in [0.15, 0.2) is 53.2 Å². The van der Waals surface area contributed by atoms with Crippen molar-refractivity contribution in [3.8, 4) is 0 Å². The van der Waals surface area contributed by atoms with E-state index in [-0.39, 0.29) is 38.8 Å². The van der Waals surface area contributed by atoms with E-state index in [4.69, 9.17) is 11.6 Å². The molecule has 3 rings (SSSR count). The molecule has 0 aliphatic heterocycles. The number of rotatable bonds is 6. The summed E-state index contributed by atoms with van der Waals surface area (Å²) in [6.45, 7) is 3.74. The summed E-state index contributed by atoms with van der Waals surface area (Å²) in [5, 5.41) is 5.17. The lowest BCUT2D eigenvalue weighted by Gasteiger charge is -2.30. The Bertz CT molecular complexity index is 1100. The molecule has 0 saturated heterocycles. The van der Waals surface area contributed by atoms with E-state index in [9.17, 15) is 27.2 Å². The molecule has 0 spiro atoms. The molecular formula is C23H21ClF4N2O2. The number of nitrogens with one attached hydrogen (secondary N) is 2. The summed E-state index contributed by atoms with van der Waals surface area (Å²) in [7, 11) is 0. The lowest BCUT2D eigenvalue weighted by atomic mass is 9.85. The minimum absolute atomic E-state index is 0.191. The van der Waals surface area contributed by atoms with Gasteiger partial charge in [-0.2, -0.15) is 0 Å². The van der Waals surface area contributed by atoms with Gasteiger partial charge in [-0.25, -0.2) is 17.6 Å². The van der Waals surface area contributed by atoms with Gasteiger partial charge in [-0.15, -0.1) is 0 Å². The predicted octanol–water partition coefficient (Wildman–Crippen LogP) is 6.18. The fraction of sp³-hybridized carbons (Fsp3) is 0.304. The molecule has 32 heavy (non-hydrogen) atoms. The monoisotopic (exact) mass is 468 g/mol. The third kappa shape index (κ3) is 4.65. The lowest BCUT2D eigenvalue weighted by molar-refractivity contribution is -0.125. The fourth-order valence-electron chi connectivity index (χ4n) is 3.61. The second kappa shape index (κ2) is 8.94. The van der Waals surface area contributed by atoms with Gasteiger partial charge in [0, 0.05) is 35.3 Å². The molecule has 0 radical (unpaired) electrons. The van der Waals surface area contributed by atoms with Crippen LogP contribution in [0.2, 0.25) is 0 Å². The van der Waals surface area contributed by atoms with E-state index >= 15 is 0 Å². The number of halogens is 5. The number of anilines is 2. The van der Waals surface area contributed by atoms with Crippen LogP contribution < -0.4 is 10.6 Å². The number of hydrogen-bond donors (Lipinski definition) is 2. The number of hydrogen-bond acceptors (Lipinski definition) is 4. The molecule has 2 atom stereocenters. The Morgan fingerprint density at radius 2 is 1.72 bits per heavy atom. The summed E-state index contributed by atoms with van der Waals surface area (Å²) < 4.78 is 53.6. The molecule has 4 nitrogen and oxygen atoms in total. The Balaban J connectivity index is 1.91. The maximum Gasteiger partial charge on any atom is 0.270 e. The van der Waals surface area contributed by atoms with E-state index in [1.165, 1.54) is 56.3 Å². The molecule has 170 valence electrons. The first kappa shape index (κ1) is 23.8. The first-order valence-electron chi connectivity index (χ1n) is 9.79. The third-order valence-corrected chi connectivity index (χ3v) is 5.78. The van der Waals surface area contributed by atoms with Crippen LogP contribution in [0.5, 0.6) is 0 Å². The van der Waals surface area contributed by atoms with Crippen molar-refractivity contribution in [1.82, 2.24) is 0 Å². The van der Waals surface area contributed by atoms with Gasteiger partial charge >= 0.3 is 0 Å². The Morgan fingerprint density at radius 3 is 2.34 bits per heavy atom. The highest BCUT2D eigenvalue weighted by atomic mass is 35.5. The number of ketones is 2. The smallest absolute Gasteiger partial charge is 0.270 e. The molecule has 9 heteroatoms. The number of alkyl halides is 4. The number of Topliss-reactive ketones (excluding diaryl/α,β-unsaturated/α-hetero) is 2. The first-order valence-corrected chi connectivity index (χ1v) is 10.2. The van der Waals surface area contributed by atoms with Gasteiger partial charge in [-0.1, -0.05) is 42.8 Å². The number of benzene rings is 2. The van der Waals surface area contributed by atoms with Crippen LogP contribution in [-0.2, 0) is 15.5 Å². The summed E-state index contributed by atoms with van der Waals surface area (Å²) >= 11 is 6.21. The maximum absolute atomic E-state index is 13.8. The average Bonchev–Trinajstić information content (AvgIpc) is 2.73. The minimum Gasteiger partial charge on any atom is -0.374 e. The molecule has 0 fully saturated rings. The van der Waals surface area contributed by atoms with Gasteiger partial charge in [-0.05, 0) is 30.7 Å². The van der Waals surface area contributed by atoms with Crippen molar-refractivity contribution in [1.29, 1.82) is 0 Å². The molecule has 0 bridgehead atoms. The Morgan fingerprint density at radius 1 is 1.06 bits per heavy atom. The topological polar surface area (TPSA) is 58.2 Å². The van der Waals surface area contributed by atoms with Crippen molar-refractivity contribution < 1.29 is 27.2 Å². The SMILES string of the molecule is Cc1c(NC2=C(Cl)C(=O)C(Nc3cccc(C(F)F)c3)C(C)C2=O)cccc1C(C)(F)F. The number of carbonyl (C=O) groups excluding carboxylic acids is 2. The molecule has 0 heterocycles. The zero-order valence-corrected chi connectivity index (χ0v) is 18.2. The van der Waals surface area contributed by atoms with Gasteiger partial charge in [0.1, 0.15) is 16.8 Å². The van der Waals surface area contributed by atoms with Crippen LogP contribution in [0, 0.1) is 12.8 Å². The second-order valence-electron chi connectivity index (χ2n) is 7.75. The predicted molar refractivity (Wildman–Crippen MR) is 115 cm³/mol. The van der Waals surface area contributed by atoms with E-state index in [0.29, 0.717) is 0 Å². The second-order valence-corrected chi connectivity index (χ2v) is 8.12. The van der Waals surface area contributed by atoms with Crippen molar-refractivity contribution in [2.45, 2.75) is 39.2 Å². The minimum atomic E-state index is -3.10. The molecular weight excluding hydrogens is 448 g/mol. The van der Waals surface area contributed by atoms with E-state index in [1.807, 2.05) is 0 Å². The molecule has 2 aromatic carbocycles. The van der Waals surface area contributed by atoms with Crippen LogP contribution in [0.1, 0.15) is 37.0 Å².